The summed E-state index contributed by atoms with van der Waals surface area (Å²) in [6, 6.07) is 0.847. The van der Waals surface area contributed by atoms with Gasteiger partial charge in [0.25, 0.3) is 0 Å². The van der Waals surface area contributed by atoms with Gasteiger partial charge in [-0.05, 0) is 18.9 Å². The Bertz CT molecular complexity index is 56.8. The Morgan fingerprint density at radius 2 is 2.12 bits per heavy atom. The average molecular weight is 113 g/mol. The Hall–Kier alpha value is -0.0400. The van der Waals surface area contributed by atoms with E-state index in [9.17, 15) is 0 Å². The van der Waals surface area contributed by atoms with Gasteiger partial charge in [0, 0.05) is 6.04 Å². The maximum atomic E-state index is 3.40. The van der Waals surface area contributed by atoms with Crippen LogP contribution in [-0.4, -0.2) is 12.6 Å². The summed E-state index contributed by atoms with van der Waals surface area (Å²) in [5.41, 5.74) is 0. The highest BCUT2D eigenvalue weighted by Crippen LogP contribution is 2.18. The minimum absolute atomic E-state index is 0.847. The quantitative estimate of drug-likeness (QED) is 0.570. The Morgan fingerprint density at radius 3 is 2.25 bits per heavy atom. The molecule has 2 atom stereocenters. The summed E-state index contributed by atoms with van der Waals surface area (Å²) >= 11 is 0. The van der Waals surface area contributed by atoms with Gasteiger partial charge >= 0.3 is 0 Å². The fraction of sp³-hybridized carbons (Fsp3) is 1.00. The van der Waals surface area contributed by atoms with Crippen molar-refractivity contribution in [3.8, 4) is 0 Å². The highest BCUT2D eigenvalue weighted by Gasteiger charge is 2.25. The zero-order valence-corrected chi connectivity index (χ0v) is 5.78. The van der Waals surface area contributed by atoms with E-state index in [0.29, 0.717) is 0 Å². The van der Waals surface area contributed by atoms with Crippen LogP contribution in [0.4, 0.5) is 0 Å². The van der Waals surface area contributed by atoms with E-state index in [1.165, 1.54) is 19.4 Å². The van der Waals surface area contributed by atoms with Gasteiger partial charge in [-0.1, -0.05) is 20.3 Å². The van der Waals surface area contributed by atoms with E-state index in [-0.39, 0.29) is 0 Å². The molecule has 1 fully saturated rings. The predicted octanol–water partition coefficient (Wildman–Crippen LogP) is 1.39. The van der Waals surface area contributed by atoms with Crippen molar-refractivity contribution in [2.75, 3.05) is 6.54 Å². The molecule has 0 saturated carbocycles. The summed E-state index contributed by atoms with van der Waals surface area (Å²) in [5.74, 6) is 0.986. The van der Waals surface area contributed by atoms with Gasteiger partial charge in [0.15, 0.2) is 0 Å². The standard InChI is InChI=1S/C7H15N/c1-3-6-5-8-7(6)4-2/h6-8H,3-5H2,1-2H3. The molecular weight excluding hydrogens is 98.1 g/mol. The molecular formula is C7H15N. The molecule has 1 heteroatoms. The normalized spacial score (nSPS) is 36.8. The second-order valence-electron chi connectivity index (χ2n) is 2.59. The summed E-state index contributed by atoms with van der Waals surface area (Å²) in [7, 11) is 0. The largest absolute Gasteiger partial charge is 0.313 e. The van der Waals surface area contributed by atoms with Gasteiger partial charge in [0.2, 0.25) is 0 Å². The minimum Gasteiger partial charge on any atom is -0.313 e. The van der Waals surface area contributed by atoms with Gasteiger partial charge in [-0.2, -0.15) is 0 Å². The van der Waals surface area contributed by atoms with Gasteiger partial charge in [0.1, 0.15) is 0 Å². The van der Waals surface area contributed by atoms with Gasteiger partial charge in [-0.25, -0.2) is 0 Å². The molecule has 0 spiro atoms. The molecule has 1 saturated heterocycles. The number of hydrogen-bond donors (Lipinski definition) is 1. The van der Waals surface area contributed by atoms with Crippen molar-refractivity contribution < 1.29 is 0 Å². The molecule has 1 rings (SSSR count). The van der Waals surface area contributed by atoms with Crippen LogP contribution in [0.1, 0.15) is 26.7 Å². The van der Waals surface area contributed by atoms with Crippen molar-refractivity contribution >= 4 is 0 Å². The third-order valence-corrected chi connectivity index (χ3v) is 2.18. The van der Waals surface area contributed by atoms with Crippen LogP contribution in [0.15, 0.2) is 0 Å². The maximum Gasteiger partial charge on any atom is 0.0105 e. The first kappa shape index (κ1) is 6.09. The van der Waals surface area contributed by atoms with E-state index in [2.05, 4.69) is 19.2 Å². The fourth-order valence-electron chi connectivity index (χ4n) is 1.36. The first-order chi connectivity index (χ1) is 3.88. The first-order valence-corrected chi connectivity index (χ1v) is 3.61. The lowest BCUT2D eigenvalue weighted by Crippen LogP contribution is -2.51. The lowest BCUT2D eigenvalue weighted by molar-refractivity contribution is 0.219. The summed E-state index contributed by atoms with van der Waals surface area (Å²) in [4.78, 5) is 0. The van der Waals surface area contributed by atoms with Crippen LogP contribution in [-0.2, 0) is 0 Å². The van der Waals surface area contributed by atoms with Gasteiger partial charge in [-0.15, -0.1) is 0 Å². The molecule has 0 radical (unpaired) electrons. The first-order valence-electron chi connectivity index (χ1n) is 3.61. The number of hydrogen-bond acceptors (Lipinski definition) is 1. The van der Waals surface area contributed by atoms with E-state index in [0.717, 1.165) is 12.0 Å². The number of nitrogens with one attached hydrogen (secondary N) is 1. The Balaban J connectivity index is 2.16. The Labute approximate surface area is 51.5 Å². The monoisotopic (exact) mass is 113 g/mol. The molecule has 0 aromatic heterocycles. The predicted molar refractivity (Wildman–Crippen MR) is 35.9 cm³/mol. The highest BCUT2D eigenvalue weighted by molar-refractivity contribution is 4.85. The highest BCUT2D eigenvalue weighted by atomic mass is 15.0. The van der Waals surface area contributed by atoms with Crippen molar-refractivity contribution in [2.24, 2.45) is 5.92 Å². The van der Waals surface area contributed by atoms with E-state index >= 15 is 0 Å². The zero-order chi connectivity index (χ0) is 5.98. The van der Waals surface area contributed by atoms with Crippen LogP contribution in [0.25, 0.3) is 0 Å². The Kier molecular flexibility index (Phi) is 1.90. The molecule has 1 heterocycles. The van der Waals surface area contributed by atoms with E-state index in [4.69, 9.17) is 0 Å². The second kappa shape index (κ2) is 2.49. The molecule has 8 heavy (non-hydrogen) atoms. The molecule has 1 nitrogen and oxygen atoms in total. The smallest absolute Gasteiger partial charge is 0.0105 e. The molecule has 0 aromatic carbocycles. The average Bonchev–Trinajstić information content (AvgIpc) is 1.66. The van der Waals surface area contributed by atoms with Gasteiger partial charge < -0.3 is 5.32 Å². The molecule has 2 unspecified atom stereocenters. The minimum atomic E-state index is 0.847. The van der Waals surface area contributed by atoms with Crippen LogP contribution in [0.3, 0.4) is 0 Å². The molecule has 0 bridgehead atoms. The van der Waals surface area contributed by atoms with Crippen LogP contribution in [0, 0.1) is 5.92 Å². The van der Waals surface area contributed by atoms with Gasteiger partial charge in [-0.3, -0.25) is 0 Å². The summed E-state index contributed by atoms with van der Waals surface area (Å²) in [6.45, 7) is 5.78. The third kappa shape index (κ3) is 0.873. The fourth-order valence-corrected chi connectivity index (χ4v) is 1.36. The number of rotatable bonds is 2. The van der Waals surface area contributed by atoms with Crippen molar-refractivity contribution in [1.29, 1.82) is 0 Å². The van der Waals surface area contributed by atoms with Crippen LogP contribution in [0.2, 0.25) is 0 Å². The molecule has 48 valence electrons. The van der Waals surface area contributed by atoms with Crippen LogP contribution >= 0.6 is 0 Å². The summed E-state index contributed by atoms with van der Waals surface area (Å²) < 4.78 is 0. The van der Waals surface area contributed by atoms with Crippen molar-refractivity contribution in [3.63, 3.8) is 0 Å². The van der Waals surface area contributed by atoms with Crippen molar-refractivity contribution in [3.05, 3.63) is 0 Å². The molecule has 0 amide bonds. The van der Waals surface area contributed by atoms with E-state index in [1.807, 2.05) is 0 Å². The van der Waals surface area contributed by atoms with E-state index < -0.39 is 0 Å². The zero-order valence-electron chi connectivity index (χ0n) is 5.78. The molecule has 0 aromatic rings. The molecule has 1 N–H and O–H groups in total. The Morgan fingerprint density at radius 1 is 1.38 bits per heavy atom. The van der Waals surface area contributed by atoms with Gasteiger partial charge in [0.05, 0.1) is 0 Å². The molecule has 1 aliphatic heterocycles. The summed E-state index contributed by atoms with van der Waals surface area (Å²) in [5, 5.41) is 3.40. The SMILES string of the molecule is CCC1CNC1CC. The van der Waals surface area contributed by atoms with Crippen molar-refractivity contribution in [1.82, 2.24) is 5.32 Å². The third-order valence-electron chi connectivity index (χ3n) is 2.18. The second-order valence-corrected chi connectivity index (χ2v) is 2.59. The maximum absolute atomic E-state index is 3.40. The van der Waals surface area contributed by atoms with Crippen LogP contribution < -0.4 is 5.32 Å². The molecule has 1 aliphatic rings. The lowest BCUT2D eigenvalue weighted by Gasteiger charge is -2.36. The molecule has 0 aliphatic carbocycles. The van der Waals surface area contributed by atoms with Crippen molar-refractivity contribution in [2.45, 2.75) is 32.7 Å². The summed E-state index contributed by atoms with van der Waals surface area (Å²) in [6.07, 6.45) is 2.66. The van der Waals surface area contributed by atoms with E-state index in [1.54, 1.807) is 0 Å². The van der Waals surface area contributed by atoms with Crippen LogP contribution in [0.5, 0.6) is 0 Å². The lowest BCUT2D eigenvalue weighted by atomic mass is 9.88. The topological polar surface area (TPSA) is 12.0 Å².